The first kappa shape index (κ1) is 21.9. The molecule has 0 bridgehead atoms. The van der Waals surface area contributed by atoms with Crippen molar-refractivity contribution in [2.45, 2.75) is 12.5 Å². The van der Waals surface area contributed by atoms with Crippen LogP contribution in [0, 0.1) is 0 Å². The molecule has 1 aliphatic rings. The minimum absolute atomic E-state index is 0.0458. The molecule has 0 atom stereocenters. The maximum Gasteiger partial charge on any atom is 0.409 e. The number of fused-ring (bicyclic) bond motifs is 3. The minimum Gasteiger partial charge on any atom is -0.465 e. The Labute approximate surface area is 190 Å². The fraction of sp³-hybridized carbons (Fsp3) is 0.160. The van der Waals surface area contributed by atoms with E-state index in [-0.39, 0.29) is 31.5 Å². The molecule has 0 aromatic heterocycles. The number of rotatable bonds is 7. The second-order valence-electron chi connectivity index (χ2n) is 7.58. The first-order valence-corrected chi connectivity index (χ1v) is 10.5. The van der Waals surface area contributed by atoms with E-state index in [9.17, 15) is 14.4 Å². The van der Waals surface area contributed by atoms with Gasteiger partial charge in [-0.15, -0.1) is 0 Å². The molecule has 0 radical (unpaired) electrons. The number of carbonyl (C=O) groups is 3. The van der Waals surface area contributed by atoms with Gasteiger partial charge in [0.15, 0.2) is 0 Å². The molecule has 0 heterocycles. The van der Waals surface area contributed by atoms with Gasteiger partial charge in [-0.25, -0.2) is 9.59 Å². The molecule has 1 aliphatic carbocycles. The van der Waals surface area contributed by atoms with Gasteiger partial charge >= 0.3 is 12.2 Å². The highest BCUT2D eigenvalue weighted by molar-refractivity contribution is 5.83. The third kappa shape index (κ3) is 5.30. The molecule has 4 rings (SSSR count). The first-order valence-electron chi connectivity index (χ1n) is 10.5. The highest BCUT2D eigenvalue weighted by Crippen LogP contribution is 2.44. The van der Waals surface area contributed by atoms with Crippen LogP contribution in [-0.2, 0) is 16.1 Å². The average molecular weight is 445 g/mol. The van der Waals surface area contributed by atoms with Gasteiger partial charge in [-0.05, 0) is 39.9 Å². The number of anilines is 1. The van der Waals surface area contributed by atoms with Crippen molar-refractivity contribution < 1.29 is 24.2 Å². The van der Waals surface area contributed by atoms with Gasteiger partial charge in [-0.3, -0.25) is 10.1 Å². The second-order valence-corrected chi connectivity index (χ2v) is 7.58. The molecule has 168 valence electrons. The number of carboxylic acid groups (broad SMARTS) is 1. The van der Waals surface area contributed by atoms with Crippen molar-refractivity contribution in [3.63, 3.8) is 0 Å². The van der Waals surface area contributed by atoms with Crippen molar-refractivity contribution in [1.29, 1.82) is 0 Å². The summed E-state index contributed by atoms with van der Waals surface area (Å²) in [6, 6.07) is 22.7. The lowest BCUT2D eigenvalue weighted by molar-refractivity contribution is -0.120. The molecule has 4 N–H and O–H groups in total. The first-order chi connectivity index (χ1) is 16.0. The lowest BCUT2D eigenvalue weighted by atomic mass is 9.98. The summed E-state index contributed by atoms with van der Waals surface area (Å²) in [6.45, 7) is 0.214. The van der Waals surface area contributed by atoms with Gasteiger partial charge < -0.3 is 20.5 Å². The molecule has 0 unspecified atom stereocenters. The average Bonchev–Trinajstić information content (AvgIpc) is 3.14. The zero-order chi connectivity index (χ0) is 23.2. The largest absolute Gasteiger partial charge is 0.465 e. The molecule has 3 aromatic carbocycles. The standard InChI is InChI=1S/C25H23N3O5/c29-23(26-13-16-9-11-17(12-10-16)28-24(30)31)14-27-25(32)33-15-22-20-7-3-1-5-18(20)19-6-2-4-8-21(19)22/h1-12,22,28H,13-15H2,(H,26,29)(H,27,32)(H,30,31). The van der Waals surface area contributed by atoms with Gasteiger partial charge in [0.25, 0.3) is 0 Å². The number of hydrogen-bond donors (Lipinski definition) is 4. The Bertz CT molecular complexity index is 1130. The summed E-state index contributed by atoms with van der Waals surface area (Å²) >= 11 is 0. The van der Waals surface area contributed by atoms with E-state index in [1.165, 1.54) is 0 Å². The topological polar surface area (TPSA) is 117 Å². The number of ether oxygens (including phenoxy) is 1. The Morgan fingerprint density at radius 1 is 0.818 bits per heavy atom. The van der Waals surface area contributed by atoms with Crippen LogP contribution in [0.1, 0.15) is 22.6 Å². The fourth-order valence-electron chi connectivity index (χ4n) is 3.89. The van der Waals surface area contributed by atoms with Crippen LogP contribution in [0.5, 0.6) is 0 Å². The highest BCUT2D eigenvalue weighted by atomic mass is 16.5. The zero-order valence-corrected chi connectivity index (χ0v) is 17.7. The predicted octanol–water partition coefficient (Wildman–Crippen LogP) is 3.93. The number of alkyl carbamates (subject to hydrolysis) is 1. The van der Waals surface area contributed by atoms with E-state index in [2.05, 4.69) is 28.1 Å². The zero-order valence-electron chi connectivity index (χ0n) is 17.7. The van der Waals surface area contributed by atoms with E-state index in [0.29, 0.717) is 5.69 Å². The second kappa shape index (κ2) is 9.86. The number of benzene rings is 3. The van der Waals surface area contributed by atoms with Crippen LogP contribution in [0.3, 0.4) is 0 Å². The molecule has 33 heavy (non-hydrogen) atoms. The van der Waals surface area contributed by atoms with Crippen LogP contribution in [0.15, 0.2) is 72.8 Å². The van der Waals surface area contributed by atoms with Gasteiger partial charge in [0.05, 0.1) is 0 Å². The Morgan fingerprint density at radius 2 is 1.42 bits per heavy atom. The van der Waals surface area contributed by atoms with E-state index in [1.54, 1.807) is 24.3 Å². The summed E-state index contributed by atoms with van der Waals surface area (Å²) in [4.78, 5) is 34.8. The SMILES string of the molecule is O=C(O)Nc1ccc(CNC(=O)CNC(=O)OCC2c3ccccc3-c3ccccc32)cc1. The van der Waals surface area contributed by atoms with Crippen LogP contribution in [-0.4, -0.2) is 36.4 Å². The molecule has 0 spiro atoms. The summed E-state index contributed by atoms with van der Waals surface area (Å²) in [5.74, 6) is -0.410. The van der Waals surface area contributed by atoms with Gasteiger partial charge in [0, 0.05) is 18.2 Å². The van der Waals surface area contributed by atoms with Crippen molar-refractivity contribution in [3.8, 4) is 11.1 Å². The van der Waals surface area contributed by atoms with Gasteiger partial charge in [-0.1, -0.05) is 60.7 Å². The van der Waals surface area contributed by atoms with E-state index in [4.69, 9.17) is 9.84 Å². The van der Waals surface area contributed by atoms with Crippen molar-refractivity contribution in [2.75, 3.05) is 18.5 Å². The maximum atomic E-state index is 12.2. The molecule has 0 saturated heterocycles. The monoisotopic (exact) mass is 445 g/mol. The Hall–Kier alpha value is -4.33. The summed E-state index contributed by atoms with van der Waals surface area (Å²) < 4.78 is 5.41. The Balaban J connectivity index is 1.23. The third-order valence-corrected chi connectivity index (χ3v) is 5.43. The van der Waals surface area contributed by atoms with Gasteiger partial charge in [-0.2, -0.15) is 0 Å². The van der Waals surface area contributed by atoms with Crippen molar-refractivity contribution >= 4 is 23.8 Å². The Morgan fingerprint density at radius 3 is 2.03 bits per heavy atom. The molecular weight excluding hydrogens is 422 g/mol. The summed E-state index contributed by atoms with van der Waals surface area (Å²) in [6.07, 6.45) is -1.80. The Kier molecular flexibility index (Phi) is 6.54. The van der Waals surface area contributed by atoms with E-state index in [1.807, 2.05) is 36.4 Å². The number of carbonyl (C=O) groups excluding carboxylic acids is 2. The minimum atomic E-state index is -1.14. The molecule has 0 fully saturated rings. The lowest BCUT2D eigenvalue weighted by Crippen LogP contribution is -2.37. The number of amides is 3. The fourth-order valence-corrected chi connectivity index (χ4v) is 3.89. The van der Waals surface area contributed by atoms with Crippen LogP contribution >= 0.6 is 0 Å². The molecule has 8 heteroatoms. The van der Waals surface area contributed by atoms with E-state index < -0.39 is 12.2 Å². The quantitative estimate of drug-likeness (QED) is 0.440. The van der Waals surface area contributed by atoms with Crippen LogP contribution in [0.2, 0.25) is 0 Å². The summed E-state index contributed by atoms with van der Waals surface area (Å²) in [5.41, 5.74) is 5.76. The number of hydrogen-bond acceptors (Lipinski definition) is 4. The summed E-state index contributed by atoms with van der Waals surface area (Å²) in [7, 11) is 0. The molecule has 0 aliphatic heterocycles. The molecule has 3 amide bonds. The van der Waals surface area contributed by atoms with Crippen molar-refractivity contribution in [1.82, 2.24) is 10.6 Å². The smallest absolute Gasteiger partial charge is 0.409 e. The normalized spacial score (nSPS) is 11.8. The van der Waals surface area contributed by atoms with Gasteiger partial charge in [0.2, 0.25) is 5.91 Å². The van der Waals surface area contributed by atoms with E-state index >= 15 is 0 Å². The molecule has 3 aromatic rings. The molecular formula is C25H23N3O5. The molecule has 8 nitrogen and oxygen atoms in total. The van der Waals surface area contributed by atoms with Gasteiger partial charge in [0.1, 0.15) is 13.2 Å². The lowest BCUT2D eigenvalue weighted by Gasteiger charge is -2.14. The van der Waals surface area contributed by atoms with Crippen LogP contribution in [0.4, 0.5) is 15.3 Å². The van der Waals surface area contributed by atoms with Crippen LogP contribution in [0.25, 0.3) is 11.1 Å². The van der Waals surface area contributed by atoms with E-state index in [0.717, 1.165) is 27.8 Å². The maximum absolute atomic E-state index is 12.2. The van der Waals surface area contributed by atoms with Crippen molar-refractivity contribution in [2.24, 2.45) is 0 Å². The van der Waals surface area contributed by atoms with Crippen molar-refractivity contribution in [3.05, 3.63) is 89.5 Å². The predicted molar refractivity (Wildman–Crippen MR) is 123 cm³/mol. The summed E-state index contributed by atoms with van der Waals surface area (Å²) in [5, 5.41) is 16.1. The third-order valence-electron chi connectivity index (χ3n) is 5.43. The number of nitrogens with one attached hydrogen (secondary N) is 3. The molecule has 0 saturated carbocycles. The highest BCUT2D eigenvalue weighted by Gasteiger charge is 2.29. The van der Waals surface area contributed by atoms with Crippen LogP contribution < -0.4 is 16.0 Å².